The fourth-order valence-corrected chi connectivity index (χ4v) is 4.50. The summed E-state index contributed by atoms with van der Waals surface area (Å²) in [6, 6.07) is 2.42. The predicted octanol–water partition coefficient (Wildman–Crippen LogP) is 0.522. The molecular weight excluding hydrogens is 356 g/mol. The number of hydrogen-bond acceptors (Lipinski definition) is 4. The Morgan fingerprint density at radius 3 is 1.67 bits per heavy atom. The summed E-state index contributed by atoms with van der Waals surface area (Å²) >= 11 is 0. The lowest BCUT2D eigenvalue weighted by Gasteiger charge is -2.36. The minimum Gasteiger partial charge on any atom is -0.319 e. The summed E-state index contributed by atoms with van der Waals surface area (Å²) < 4.78 is 27.5. The van der Waals surface area contributed by atoms with Gasteiger partial charge in [-0.2, -0.15) is 10.5 Å². The number of carbonyl (C=O) groups excluding carboxylic acids is 2. The van der Waals surface area contributed by atoms with Crippen LogP contribution in [0.5, 0.6) is 0 Å². The molecule has 0 radical (unpaired) electrons. The first-order valence-electron chi connectivity index (χ1n) is 9.39. The molecule has 27 heavy (non-hydrogen) atoms. The molecule has 146 valence electrons. The van der Waals surface area contributed by atoms with Gasteiger partial charge >= 0.3 is 0 Å². The zero-order valence-corrected chi connectivity index (χ0v) is 15.2. The topological polar surface area (TPSA) is 88.2 Å². The fraction of sp³-hybridized carbons (Fsp3) is 0.778. The molecule has 0 aromatic heterocycles. The molecule has 0 aromatic rings. The highest BCUT2D eigenvalue weighted by Gasteiger charge is 2.44. The average molecular weight is 380 g/mol. The monoisotopic (exact) mass is 380 g/mol. The van der Waals surface area contributed by atoms with Gasteiger partial charge in [0, 0.05) is 25.7 Å². The van der Waals surface area contributed by atoms with Crippen LogP contribution < -0.4 is 0 Å². The fourth-order valence-electron chi connectivity index (χ4n) is 4.50. The van der Waals surface area contributed by atoms with Gasteiger partial charge in [-0.3, -0.25) is 9.59 Å². The van der Waals surface area contributed by atoms with Crippen molar-refractivity contribution in [3.05, 3.63) is 0 Å². The van der Waals surface area contributed by atoms with Gasteiger partial charge in [-0.1, -0.05) is 0 Å². The smallest absolute Gasteiger partial charge is 0.279 e. The second-order valence-corrected chi connectivity index (χ2v) is 7.86. The van der Waals surface area contributed by atoms with Crippen molar-refractivity contribution in [2.24, 2.45) is 0 Å². The Morgan fingerprint density at radius 2 is 1.30 bits per heavy atom. The molecule has 7 nitrogen and oxygen atoms in total. The molecule has 0 bridgehead atoms. The Morgan fingerprint density at radius 1 is 0.889 bits per heavy atom. The number of likely N-dealkylation sites (tertiary alicyclic amines) is 3. The number of hydrogen-bond donors (Lipinski definition) is 0. The number of quaternary nitrogens is 1. The normalized spacial score (nSPS) is 32.3. The van der Waals surface area contributed by atoms with E-state index in [1.165, 1.54) is 9.80 Å². The third-order valence-electron chi connectivity index (χ3n) is 5.90. The van der Waals surface area contributed by atoms with Gasteiger partial charge in [0.05, 0.1) is 38.3 Å². The Balaban J connectivity index is 1.69. The number of amides is 2. The Hall–Kier alpha value is -2.26. The summed E-state index contributed by atoms with van der Waals surface area (Å²) in [7, 11) is 0. The van der Waals surface area contributed by atoms with Crippen LogP contribution >= 0.6 is 0 Å². The van der Waals surface area contributed by atoms with Gasteiger partial charge in [-0.05, 0) is 0 Å². The number of nitrogens with zero attached hydrogens (tertiary/aromatic N) is 5. The van der Waals surface area contributed by atoms with Gasteiger partial charge in [0.2, 0.25) is 0 Å². The van der Waals surface area contributed by atoms with Gasteiger partial charge in [0.15, 0.2) is 13.1 Å². The van der Waals surface area contributed by atoms with Crippen molar-refractivity contribution in [2.75, 3.05) is 39.3 Å². The highest BCUT2D eigenvalue weighted by Crippen LogP contribution is 2.26. The van der Waals surface area contributed by atoms with E-state index in [2.05, 4.69) is 0 Å². The van der Waals surface area contributed by atoms with Gasteiger partial charge in [-0.15, -0.1) is 0 Å². The largest absolute Gasteiger partial charge is 0.319 e. The third kappa shape index (κ3) is 4.03. The van der Waals surface area contributed by atoms with Crippen molar-refractivity contribution < 1.29 is 22.9 Å². The Bertz CT molecular complexity index is 630. The van der Waals surface area contributed by atoms with Crippen molar-refractivity contribution in [1.29, 1.82) is 10.5 Å². The number of alkyl halides is 2. The van der Waals surface area contributed by atoms with Crippen LogP contribution in [-0.4, -0.2) is 89.8 Å². The maximum absolute atomic E-state index is 13.6. The first-order chi connectivity index (χ1) is 12.9. The minimum absolute atomic E-state index is 0.0245. The number of carbonyl (C=O) groups is 2. The van der Waals surface area contributed by atoms with E-state index in [1.807, 2.05) is 12.1 Å². The number of halogens is 2. The summed E-state index contributed by atoms with van der Waals surface area (Å²) in [4.78, 5) is 28.1. The first-order valence-corrected chi connectivity index (χ1v) is 9.39. The quantitative estimate of drug-likeness (QED) is 0.666. The molecule has 9 heteroatoms. The van der Waals surface area contributed by atoms with Crippen LogP contribution in [0.4, 0.5) is 8.78 Å². The van der Waals surface area contributed by atoms with Crippen molar-refractivity contribution >= 4 is 11.8 Å². The second-order valence-electron chi connectivity index (χ2n) is 7.86. The van der Waals surface area contributed by atoms with Crippen LogP contribution in [0, 0.1) is 22.7 Å². The SMILES string of the molecule is N#C[C@@H]1C[C@H](F)CN1C(=O)C[N+]1(CC(=O)N2C[C@@H](F)C[C@H]2C#N)CCCC1. The van der Waals surface area contributed by atoms with Crippen LogP contribution in [-0.2, 0) is 9.59 Å². The number of nitriles is 2. The molecule has 0 spiro atoms. The minimum atomic E-state index is -1.20. The molecular formula is C18H24F2N5O2+. The lowest BCUT2D eigenvalue weighted by molar-refractivity contribution is -0.902. The van der Waals surface area contributed by atoms with Crippen molar-refractivity contribution in [1.82, 2.24) is 9.80 Å². The summed E-state index contributed by atoms with van der Waals surface area (Å²) in [6.07, 6.45) is -0.625. The van der Waals surface area contributed by atoms with Crippen molar-refractivity contribution in [3.63, 3.8) is 0 Å². The standard InChI is InChI=1S/C18H24F2N5O2/c19-13-5-15(7-21)23(9-13)17(26)11-25(3-1-2-4-25)12-18(27)24-10-14(20)6-16(24)8-22/h13-16H,1-6,9-12H2/q+1/t13-,14-,15-,16-/m0/s1. The van der Waals surface area contributed by atoms with Gasteiger partial charge in [-0.25, -0.2) is 8.78 Å². The summed E-state index contributed by atoms with van der Waals surface area (Å²) in [6.45, 7) is 1.15. The van der Waals surface area contributed by atoms with E-state index in [4.69, 9.17) is 10.5 Å². The summed E-state index contributed by atoms with van der Waals surface area (Å²) in [5, 5.41) is 18.3. The molecule has 3 fully saturated rings. The molecule has 3 aliphatic heterocycles. The van der Waals surface area contributed by atoms with Gasteiger partial charge in [0.25, 0.3) is 11.8 Å². The van der Waals surface area contributed by atoms with E-state index in [0.29, 0.717) is 13.1 Å². The molecule has 3 heterocycles. The lowest BCUT2D eigenvalue weighted by atomic mass is 10.2. The number of rotatable bonds is 4. The van der Waals surface area contributed by atoms with E-state index >= 15 is 0 Å². The van der Waals surface area contributed by atoms with Crippen LogP contribution in [0.2, 0.25) is 0 Å². The van der Waals surface area contributed by atoms with E-state index < -0.39 is 24.4 Å². The maximum atomic E-state index is 13.6. The summed E-state index contributed by atoms with van der Waals surface area (Å²) in [5.41, 5.74) is 0. The Labute approximate surface area is 157 Å². The third-order valence-corrected chi connectivity index (χ3v) is 5.90. The Kier molecular flexibility index (Phi) is 5.61. The summed E-state index contributed by atoms with van der Waals surface area (Å²) in [5.74, 6) is -0.643. The zero-order valence-electron chi connectivity index (χ0n) is 15.2. The van der Waals surface area contributed by atoms with Crippen molar-refractivity contribution in [2.45, 2.75) is 50.1 Å². The molecule has 0 aromatic carbocycles. The zero-order chi connectivity index (χ0) is 19.6. The average Bonchev–Trinajstić information content (AvgIpc) is 3.33. The molecule has 3 rings (SSSR count). The van der Waals surface area contributed by atoms with Gasteiger partial charge in [0.1, 0.15) is 24.4 Å². The van der Waals surface area contributed by atoms with E-state index in [0.717, 1.165) is 12.8 Å². The highest BCUT2D eigenvalue weighted by atomic mass is 19.1. The van der Waals surface area contributed by atoms with Crippen LogP contribution in [0.1, 0.15) is 25.7 Å². The second kappa shape index (κ2) is 7.77. The highest BCUT2D eigenvalue weighted by molar-refractivity contribution is 5.81. The van der Waals surface area contributed by atoms with Crippen LogP contribution in [0.25, 0.3) is 0 Å². The lowest BCUT2D eigenvalue weighted by Crippen LogP contribution is -2.57. The van der Waals surface area contributed by atoms with Crippen LogP contribution in [0.15, 0.2) is 0 Å². The molecule has 2 amide bonds. The molecule has 3 aliphatic rings. The maximum Gasteiger partial charge on any atom is 0.279 e. The molecule has 0 unspecified atom stereocenters. The molecule has 0 saturated carbocycles. The van der Waals surface area contributed by atoms with E-state index in [-0.39, 0.29) is 55.3 Å². The predicted molar refractivity (Wildman–Crippen MR) is 90.2 cm³/mol. The van der Waals surface area contributed by atoms with E-state index in [9.17, 15) is 18.4 Å². The molecule has 4 atom stereocenters. The molecule has 3 saturated heterocycles. The molecule has 0 aliphatic carbocycles. The van der Waals surface area contributed by atoms with Crippen molar-refractivity contribution in [3.8, 4) is 12.1 Å². The van der Waals surface area contributed by atoms with Crippen LogP contribution in [0.3, 0.4) is 0 Å². The van der Waals surface area contributed by atoms with Gasteiger partial charge < -0.3 is 14.3 Å². The molecule has 0 N–H and O–H groups in total. The first kappa shape index (κ1) is 19.5. The van der Waals surface area contributed by atoms with E-state index in [1.54, 1.807) is 0 Å².